The van der Waals surface area contributed by atoms with Gasteiger partial charge in [0.25, 0.3) is 0 Å². The van der Waals surface area contributed by atoms with Crippen molar-refractivity contribution in [3.8, 4) is 0 Å². The Kier molecular flexibility index (Phi) is 3.59. The van der Waals surface area contributed by atoms with Crippen LogP contribution in [0, 0.1) is 0 Å². The fourth-order valence-electron chi connectivity index (χ4n) is 3.11. The molecule has 2 heterocycles. The third-order valence-electron chi connectivity index (χ3n) is 4.24. The van der Waals surface area contributed by atoms with Crippen molar-refractivity contribution in [2.75, 3.05) is 10.6 Å². The van der Waals surface area contributed by atoms with Gasteiger partial charge in [-0.2, -0.15) is 0 Å². The Hall–Kier alpha value is -2.60. The topological polar surface area (TPSA) is 80.3 Å². The lowest BCUT2D eigenvalue weighted by Crippen LogP contribution is -2.21. The van der Waals surface area contributed by atoms with Gasteiger partial charge in [0.05, 0.1) is 5.69 Å². The summed E-state index contributed by atoms with van der Waals surface area (Å²) in [5.74, 6) is 0.841. The van der Waals surface area contributed by atoms with Crippen molar-refractivity contribution in [3.05, 3.63) is 48.8 Å². The first-order valence-corrected chi connectivity index (χ1v) is 7.96. The fraction of sp³-hybridized carbons (Fsp3) is 0.294. The Balaban J connectivity index is 1.64. The molecule has 0 saturated heterocycles. The number of aromatic nitrogens is 3. The highest BCUT2D eigenvalue weighted by molar-refractivity contribution is 5.75. The largest absolute Gasteiger partial charge is 0.366 e. The molecule has 118 valence electrons. The predicted molar refractivity (Wildman–Crippen MR) is 91.9 cm³/mol. The van der Waals surface area contributed by atoms with Crippen molar-refractivity contribution < 1.29 is 0 Å². The number of fused-ring (bicyclic) bond motifs is 1. The highest BCUT2D eigenvalue weighted by Crippen LogP contribution is 2.25. The second-order valence-corrected chi connectivity index (χ2v) is 6.04. The summed E-state index contributed by atoms with van der Waals surface area (Å²) in [6.45, 7) is 0. The summed E-state index contributed by atoms with van der Waals surface area (Å²) in [7, 11) is 0. The van der Waals surface area contributed by atoms with E-state index < -0.39 is 0 Å². The monoisotopic (exact) mass is 308 g/mol. The Morgan fingerprint density at radius 1 is 1.17 bits per heavy atom. The van der Waals surface area contributed by atoms with Crippen molar-refractivity contribution in [3.63, 3.8) is 0 Å². The van der Waals surface area contributed by atoms with Gasteiger partial charge < -0.3 is 16.4 Å². The highest BCUT2D eigenvalue weighted by Gasteiger charge is 2.22. The number of hydrogen-bond donors (Lipinski definition) is 3. The zero-order chi connectivity index (χ0) is 15.6. The first kappa shape index (κ1) is 14.0. The third kappa shape index (κ3) is 2.98. The smallest absolute Gasteiger partial charge is 0.177 e. The number of anilines is 3. The molecule has 23 heavy (non-hydrogen) atoms. The summed E-state index contributed by atoms with van der Waals surface area (Å²) < 4.78 is 1.79. The number of benzene rings is 1. The standard InChI is InChI=1S/C17H20N6/c18-12-6-7-14(10-12)21-16-11-15(17-19-8-9-23(17)22-16)20-13-4-2-1-3-5-13/h1-5,8-9,11-12,14,20H,6-7,10,18H2,(H,21,22). The van der Waals surface area contributed by atoms with Crippen molar-refractivity contribution in [1.29, 1.82) is 0 Å². The highest BCUT2D eigenvalue weighted by atomic mass is 15.3. The molecule has 1 aliphatic carbocycles. The van der Waals surface area contributed by atoms with Crippen molar-refractivity contribution in [2.24, 2.45) is 5.73 Å². The summed E-state index contributed by atoms with van der Waals surface area (Å²) in [5, 5.41) is 11.5. The fourth-order valence-corrected chi connectivity index (χ4v) is 3.11. The van der Waals surface area contributed by atoms with E-state index in [2.05, 4.69) is 20.7 Å². The van der Waals surface area contributed by atoms with Gasteiger partial charge in [-0.25, -0.2) is 9.50 Å². The lowest BCUT2D eigenvalue weighted by molar-refractivity contribution is 0.685. The van der Waals surface area contributed by atoms with Gasteiger partial charge in [-0.15, -0.1) is 5.10 Å². The van der Waals surface area contributed by atoms with E-state index in [0.29, 0.717) is 12.1 Å². The van der Waals surface area contributed by atoms with E-state index in [1.165, 1.54) is 0 Å². The Labute approximate surface area is 134 Å². The molecule has 3 aromatic rings. The molecular weight excluding hydrogens is 288 g/mol. The molecule has 2 aromatic heterocycles. The van der Waals surface area contributed by atoms with Crippen LogP contribution in [0.25, 0.3) is 5.65 Å². The molecule has 0 bridgehead atoms. The first-order chi connectivity index (χ1) is 11.3. The van der Waals surface area contributed by atoms with E-state index in [-0.39, 0.29) is 0 Å². The van der Waals surface area contributed by atoms with Crippen LogP contribution >= 0.6 is 0 Å². The van der Waals surface area contributed by atoms with Gasteiger partial charge in [0.1, 0.15) is 5.82 Å². The molecule has 1 saturated carbocycles. The van der Waals surface area contributed by atoms with Gasteiger partial charge in [-0.1, -0.05) is 18.2 Å². The Bertz CT molecular complexity index is 797. The summed E-state index contributed by atoms with van der Waals surface area (Å²) in [6.07, 6.45) is 6.77. The molecule has 1 aliphatic rings. The molecule has 1 aromatic carbocycles. The van der Waals surface area contributed by atoms with Crippen LogP contribution in [0.1, 0.15) is 19.3 Å². The summed E-state index contributed by atoms with van der Waals surface area (Å²) in [5.41, 5.74) is 8.76. The van der Waals surface area contributed by atoms with Crippen molar-refractivity contribution >= 4 is 22.8 Å². The van der Waals surface area contributed by atoms with Crippen LogP contribution in [0.5, 0.6) is 0 Å². The normalized spacial score (nSPS) is 20.7. The Morgan fingerprint density at radius 3 is 2.83 bits per heavy atom. The van der Waals surface area contributed by atoms with E-state index in [1.54, 1.807) is 10.7 Å². The number of imidazole rings is 1. The van der Waals surface area contributed by atoms with E-state index in [9.17, 15) is 0 Å². The minimum atomic E-state index is 0.298. The molecule has 6 nitrogen and oxygen atoms in total. The molecular formula is C17H20N6. The molecule has 1 fully saturated rings. The number of nitrogens with zero attached hydrogens (tertiary/aromatic N) is 3. The van der Waals surface area contributed by atoms with E-state index >= 15 is 0 Å². The minimum absolute atomic E-state index is 0.298. The van der Waals surface area contributed by atoms with E-state index in [1.807, 2.05) is 42.6 Å². The summed E-state index contributed by atoms with van der Waals surface area (Å²) in [6, 6.07) is 12.8. The molecule has 4 rings (SSSR count). The van der Waals surface area contributed by atoms with E-state index in [0.717, 1.165) is 42.1 Å². The Morgan fingerprint density at radius 2 is 2.04 bits per heavy atom. The first-order valence-electron chi connectivity index (χ1n) is 7.96. The van der Waals surface area contributed by atoms with Gasteiger partial charge in [0.2, 0.25) is 0 Å². The molecule has 2 atom stereocenters. The van der Waals surface area contributed by atoms with Crippen molar-refractivity contribution in [1.82, 2.24) is 14.6 Å². The second kappa shape index (κ2) is 5.89. The second-order valence-electron chi connectivity index (χ2n) is 6.04. The van der Waals surface area contributed by atoms with Gasteiger partial charge in [-0.05, 0) is 31.4 Å². The summed E-state index contributed by atoms with van der Waals surface area (Å²) in [4.78, 5) is 4.39. The number of para-hydroxylation sites is 1. The maximum Gasteiger partial charge on any atom is 0.177 e. The number of hydrogen-bond acceptors (Lipinski definition) is 5. The number of nitrogens with one attached hydrogen (secondary N) is 2. The van der Waals surface area contributed by atoms with Crippen LogP contribution in [0.3, 0.4) is 0 Å². The lowest BCUT2D eigenvalue weighted by atomic mass is 10.2. The average molecular weight is 308 g/mol. The van der Waals surface area contributed by atoms with Crippen LogP contribution < -0.4 is 16.4 Å². The van der Waals surface area contributed by atoms with Crippen LogP contribution in [-0.2, 0) is 0 Å². The molecule has 0 radical (unpaired) electrons. The molecule has 4 N–H and O–H groups in total. The van der Waals surface area contributed by atoms with E-state index in [4.69, 9.17) is 5.73 Å². The van der Waals surface area contributed by atoms with Crippen LogP contribution in [0.15, 0.2) is 48.8 Å². The minimum Gasteiger partial charge on any atom is -0.366 e. The van der Waals surface area contributed by atoms with Gasteiger partial charge in [0.15, 0.2) is 5.65 Å². The van der Waals surface area contributed by atoms with Crippen LogP contribution in [0.4, 0.5) is 17.2 Å². The quantitative estimate of drug-likeness (QED) is 0.690. The van der Waals surface area contributed by atoms with Gasteiger partial charge >= 0.3 is 0 Å². The zero-order valence-corrected chi connectivity index (χ0v) is 12.8. The number of rotatable bonds is 4. The lowest BCUT2D eigenvalue weighted by Gasteiger charge is -2.15. The molecule has 0 spiro atoms. The average Bonchev–Trinajstić information content (AvgIpc) is 3.17. The maximum atomic E-state index is 6.00. The number of nitrogens with two attached hydrogens (primary N) is 1. The zero-order valence-electron chi connectivity index (χ0n) is 12.8. The van der Waals surface area contributed by atoms with Gasteiger partial charge in [0, 0.05) is 36.2 Å². The third-order valence-corrected chi connectivity index (χ3v) is 4.24. The molecule has 6 heteroatoms. The summed E-state index contributed by atoms with van der Waals surface area (Å²) >= 11 is 0. The molecule has 0 aliphatic heterocycles. The SMILES string of the molecule is NC1CCC(Nc2cc(Nc3ccccc3)c3nccn3n2)C1. The van der Waals surface area contributed by atoms with Crippen molar-refractivity contribution in [2.45, 2.75) is 31.3 Å². The van der Waals surface area contributed by atoms with Crippen LogP contribution in [-0.4, -0.2) is 26.7 Å². The predicted octanol–water partition coefficient (Wildman–Crippen LogP) is 2.76. The molecule has 0 amide bonds. The van der Waals surface area contributed by atoms with Gasteiger partial charge in [-0.3, -0.25) is 0 Å². The van der Waals surface area contributed by atoms with Crippen LogP contribution in [0.2, 0.25) is 0 Å². The maximum absolute atomic E-state index is 6.00. The molecule has 2 unspecified atom stereocenters.